The van der Waals surface area contributed by atoms with Gasteiger partial charge in [0.1, 0.15) is 0 Å². The topological polar surface area (TPSA) is 28.2 Å². The van der Waals surface area contributed by atoms with Gasteiger partial charge in [-0.2, -0.15) is 0 Å². The fraction of sp³-hybridized carbons (Fsp3) is 0.346. The summed E-state index contributed by atoms with van der Waals surface area (Å²) in [6.07, 6.45) is 6.27. The van der Waals surface area contributed by atoms with E-state index in [1.165, 1.54) is 39.1 Å². The maximum absolute atomic E-state index is 6.15. The van der Waals surface area contributed by atoms with Gasteiger partial charge in [0.15, 0.2) is 0 Å². The average Bonchev–Trinajstić information content (AvgIpc) is 2.77. The SMILES string of the molecule is Cc1cc(-c2cncc(CN(c3ccc(Cl)cc3)C3CCNCC3)c2)cc(C)c1C.Cl.Cl. The number of hydrogen-bond acceptors (Lipinski definition) is 3. The van der Waals surface area contributed by atoms with Crippen LogP contribution < -0.4 is 10.2 Å². The van der Waals surface area contributed by atoms with E-state index in [1.54, 1.807) is 0 Å². The molecule has 32 heavy (non-hydrogen) atoms. The first kappa shape index (κ1) is 26.5. The third-order valence-corrected chi connectivity index (χ3v) is 6.57. The van der Waals surface area contributed by atoms with Crippen LogP contribution in [0.2, 0.25) is 5.02 Å². The highest BCUT2D eigenvalue weighted by Crippen LogP contribution is 2.28. The fourth-order valence-electron chi connectivity index (χ4n) is 4.31. The van der Waals surface area contributed by atoms with Gasteiger partial charge in [-0.1, -0.05) is 23.7 Å². The third-order valence-electron chi connectivity index (χ3n) is 6.32. The minimum Gasteiger partial charge on any atom is -0.364 e. The molecule has 0 amide bonds. The van der Waals surface area contributed by atoms with E-state index in [2.05, 4.69) is 66.3 Å². The highest BCUT2D eigenvalue weighted by molar-refractivity contribution is 6.30. The van der Waals surface area contributed by atoms with Gasteiger partial charge in [-0.25, -0.2) is 0 Å². The van der Waals surface area contributed by atoms with Crippen LogP contribution in [0.25, 0.3) is 11.1 Å². The van der Waals surface area contributed by atoms with Crippen LogP contribution in [0.5, 0.6) is 0 Å². The second-order valence-electron chi connectivity index (χ2n) is 8.40. The zero-order valence-corrected chi connectivity index (χ0v) is 21.3. The van der Waals surface area contributed by atoms with Gasteiger partial charge in [-0.15, -0.1) is 24.8 Å². The van der Waals surface area contributed by atoms with E-state index >= 15 is 0 Å². The molecule has 2 heterocycles. The van der Waals surface area contributed by atoms with E-state index in [9.17, 15) is 0 Å². The summed E-state index contributed by atoms with van der Waals surface area (Å²) in [5, 5.41) is 4.26. The molecule has 4 rings (SSSR count). The van der Waals surface area contributed by atoms with Gasteiger partial charge in [0, 0.05) is 41.3 Å². The number of nitrogens with zero attached hydrogens (tertiary/aromatic N) is 2. The average molecular weight is 493 g/mol. The molecule has 0 aliphatic carbocycles. The molecule has 1 N–H and O–H groups in total. The molecule has 3 aromatic rings. The van der Waals surface area contributed by atoms with Crippen molar-refractivity contribution in [3.63, 3.8) is 0 Å². The van der Waals surface area contributed by atoms with Crippen molar-refractivity contribution in [1.82, 2.24) is 10.3 Å². The Hall–Kier alpha value is -1.78. The van der Waals surface area contributed by atoms with Crippen molar-refractivity contribution in [2.45, 2.75) is 46.2 Å². The summed E-state index contributed by atoms with van der Waals surface area (Å²) in [5.74, 6) is 0. The maximum atomic E-state index is 6.15. The quantitative estimate of drug-likeness (QED) is 0.418. The minimum absolute atomic E-state index is 0. The third kappa shape index (κ3) is 6.17. The molecule has 1 fully saturated rings. The largest absolute Gasteiger partial charge is 0.364 e. The molecule has 1 aliphatic rings. The Kier molecular flexibility index (Phi) is 9.84. The fourth-order valence-corrected chi connectivity index (χ4v) is 4.44. The Morgan fingerprint density at radius 3 is 2.16 bits per heavy atom. The predicted molar refractivity (Wildman–Crippen MR) is 142 cm³/mol. The summed E-state index contributed by atoms with van der Waals surface area (Å²) in [6, 6.07) is 15.6. The number of aryl methyl sites for hydroxylation is 2. The lowest BCUT2D eigenvalue weighted by atomic mass is 9.96. The maximum Gasteiger partial charge on any atom is 0.0448 e. The van der Waals surface area contributed by atoms with Crippen LogP contribution >= 0.6 is 36.4 Å². The summed E-state index contributed by atoms with van der Waals surface area (Å²) >= 11 is 6.15. The monoisotopic (exact) mass is 491 g/mol. The van der Waals surface area contributed by atoms with E-state index in [4.69, 9.17) is 11.6 Å². The van der Waals surface area contributed by atoms with Crippen molar-refractivity contribution in [1.29, 1.82) is 0 Å². The molecular weight excluding hydrogens is 461 g/mol. The molecule has 2 aromatic carbocycles. The molecule has 0 saturated carbocycles. The molecule has 0 spiro atoms. The van der Waals surface area contributed by atoms with E-state index in [0.717, 1.165) is 37.5 Å². The van der Waals surface area contributed by atoms with E-state index in [0.29, 0.717) is 6.04 Å². The Labute approximate surface area is 209 Å². The number of hydrogen-bond donors (Lipinski definition) is 1. The van der Waals surface area contributed by atoms with Crippen molar-refractivity contribution < 1.29 is 0 Å². The van der Waals surface area contributed by atoms with Gasteiger partial charge in [-0.05, 0) is 105 Å². The summed E-state index contributed by atoms with van der Waals surface area (Å²) in [4.78, 5) is 7.11. The highest BCUT2D eigenvalue weighted by Gasteiger charge is 2.22. The molecule has 0 unspecified atom stereocenters. The zero-order chi connectivity index (χ0) is 21.1. The summed E-state index contributed by atoms with van der Waals surface area (Å²) in [7, 11) is 0. The lowest BCUT2D eigenvalue weighted by Gasteiger charge is -2.36. The molecule has 1 aromatic heterocycles. The molecule has 0 bridgehead atoms. The van der Waals surface area contributed by atoms with Gasteiger partial charge in [-0.3, -0.25) is 4.98 Å². The van der Waals surface area contributed by atoms with Gasteiger partial charge < -0.3 is 10.2 Å². The number of rotatable bonds is 5. The van der Waals surface area contributed by atoms with Crippen molar-refractivity contribution in [2.75, 3.05) is 18.0 Å². The van der Waals surface area contributed by atoms with Crippen LogP contribution in [-0.4, -0.2) is 24.1 Å². The first-order chi connectivity index (χ1) is 14.5. The predicted octanol–water partition coefficient (Wildman–Crippen LogP) is 6.93. The van der Waals surface area contributed by atoms with E-state index < -0.39 is 0 Å². The van der Waals surface area contributed by atoms with Crippen molar-refractivity contribution >= 4 is 42.1 Å². The lowest BCUT2D eigenvalue weighted by molar-refractivity contribution is 0.428. The molecule has 0 radical (unpaired) electrons. The standard InChI is InChI=1S/C26H30ClN3.2ClH/c1-18-12-22(13-19(2)20(18)3)23-14-21(15-29-16-23)17-30(26-8-10-28-11-9-26)25-6-4-24(27)5-7-25;;/h4-7,12-16,26,28H,8-11,17H2,1-3H3;2*1H. The van der Waals surface area contributed by atoms with Crippen LogP contribution in [-0.2, 0) is 6.54 Å². The Morgan fingerprint density at radius 1 is 0.906 bits per heavy atom. The molecule has 1 saturated heterocycles. The molecule has 0 atom stereocenters. The van der Waals surface area contributed by atoms with Crippen LogP contribution in [0, 0.1) is 20.8 Å². The van der Waals surface area contributed by atoms with Gasteiger partial charge in [0.05, 0.1) is 0 Å². The number of benzene rings is 2. The Bertz CT molecular complexity index is 992. The van der Waals surface area contributed by atoms with Crippen molar-refractivity contribution in [3.8, 4) is 11.1 Å². The highest BCUT2D eigenvalue weighted by atomic mass is 35.5. The lowest BCUT2D eigenvalue weighted by Crippen LogP contribution is -2.43. The Morgan fingerprint density at radius 2 is 1.53 bits per heavy atom. The number of aromatic nitrogens is 1. The number of piperidine rings is 1. The van der Waals surface area contributed by atoms with Gasteiger partial charge >= 0.3 is 0 Å². The molecule has 1 aliphatic heterocycles. The second-order valence-corrected chi connectivity index (χ2v) is 8.84. The number of halogens is 3. The number of nitrogens with one attached hydrogen (secondary N) is 1. The van der Waals surface area contributed by atoms with E-state index in [-0.39, 0.29) is 24.8 Å². The summed E-state index contributed by atoms with van der Waals surface area (Å²) in [6.45, 7) is 9.53. The molecule has 172 valence electrons. The summed E-state index contributed by atoms with van der Waals surface area (Å²) in [5.41, 5.74) is 8.89. The van der Waals surface area contributed by atoms with Crippen LogP contribution in [0.1, 0.15) is 35.1 Å². The van der Waals surface area contributed by atoms with Crippen molar-refractivity contribution in [3.05, 3.63) is 82.1 Å². The normalized spacial score (nSPS) is 13.8. The Balaban J connectivity index is 0.00000181. The molecule has 3 nitrogen and oxygen atoms in total. The first-order valence-corrected chi connectivity index (χ1v) is 11.1. The van der Waals surface area contributed by atoms with E-state index in [1.807, 2.05) is 24.5 Å². The number of anilines is 1. The van der Waals surface area contributed by atoms with Crippen LogP contribution in [0.15, 0.2) is 54.9 Å². The van der Waals surface area contributed by atoms with Gasteiger partial charge in [0.2, 0.25) is 0 Å². The smallest absolute Gasteiger partial charge is 0.0448 e. The zero-order valence-electron chi connectivity index (χ0n) is 18.9. The number of pyridine rings is 1. The van der Waals surface area contributed by atoms with Crippen LogP contribution in [0.3, 0.4) is 0 Å². The second kappa shape index (κ2) is 11.9. The summed E-state index contributed by atoms with van der Waals surface area (Å²) < 4.78 is 0. The van der Waals surface area contributed by atoms with Crippen molar-refractivity contribution in [2.24, 2.45) is 0 Å². The molecule has 6 heteroatoms. The minimum atomic E-state index is 0. The molecular formula is C26H32Cl3N3. The first-order valence-electron chi connectivity index (χ1n) is 10.8. The van der Waals surface area contributed by atoms with Gasteiger partial charge in [0.25, 0.3) is 0 Å². The van der Waals surface area contributed by atoms with Crippen LogP contribution in [0.4, 0.5) is 5.69 Å².